The number of terminal acetylenes is 1. The third-order valence-electron chi connectivity index (χ3n) is 1.99. The molecule has 0 aliphatic heterocycles. The Bertz CT molecular complexity index is 395. The number of halogens is 1. The molecule has 78 valence electrons. The number of carbonyl (C=O) groups is 1. The maximum absolute atomic E-state index is 11.2. The number of amides is 1. The number of hydrogen-bond donors (Lipinski definition) is 1. The zero-order chi connectivity index (χ0) is 11.3. The van der Waals surface area contributed by atoms with Crippen molar-refractivity contribution in [2.24, 2.45) is 0 Å². The Morgan fingerprint density at radius 1 is 1.67 bits per heavy atom. The number of nitrogens with one attached hydrogen (secondary N) is 1. The summed E-state index contributed by atoms with van der Waals surface area (Å²) < 4.78 is 0.998. The Hall–Kier alpha value is -1.27. The predicted molar refractivity (Wildman–Crippen MR) is 64.1 cm³/mol. The van der Waals surface area contributed by atoms with Crippen LogP contribution in [0.4, 0.5) is 0 Å². The van der Waals surface area contributed by atoms with Gasteiger partial charge in [-0.15, -0.1) is 6.42 Å². The topological polar surface area (TPSA) is 29.1 Å². The molecule has 1 atom stereocenters. The first-order chi connectivity index (χ1) is 7.13. The molecule has 1 aromatic rings. The third-order valence-corrected chi connectivity index (χ3v) is 2.48. The highest BCUT2D eigenvalue weighted by Gasteiger charge is 2.08. The first kappa shape index (κ1) is 11.8. The van der Waals surface area contributed by atoms with Crippen molar-refractivity contribution in [2.45, 2.75) is 19.4 Å². The average molecular weight is 266 g/mol. The van der Waals surface area contributed by atoms with Gasteiger partial charge >= 0.3 is 0 Å². The van der Waals surface area contributed by atoms with Crippen molar-refractivity contribution in [1.29, 1.82) is 0 Å². The molecule has 0 saturated carbocycles. The van der Waals surface area contributed by atoms with Crippen LogP contribution < -0.4 is 5.32 Å². The van der Waals surface area contributed by atoms with E-state index < -0.39 is 0 Å². The van der Waals surface area contributed by atoms with Crippen molar-refractivity contribution in [2.75, 3.05) is 0 Å². The molecule has 0 bridgehead atoms. The van der Waals surface area contributed by atoms with E-state index in [9.17, 15) is 4.79 Å². The van der Waals surface area contributed by atoms with E-state index >= 15 is 0 Å². The van der Waals surface area contributed by atoms with Gasteiger partial charge in [-0.25, -0.2) is 0 Å². The van der Waals surface area contributed by atoms with Crippen molar-refractivity contribution in [3.8, 4) is 12.3 Å². The molecule has 0 saturated heterocycles. The average Bonchev–Trinajstić information content (AvgIpc) is 2.18. The smallest absolute Gasteiger partial charge is 0.232 e. The van der Waals surface area contributed by atoms with Crippen molar-refractivity contribution in [3.05, 3.63) is 34.3 Å². The van der Waals surface area contributed by atoms with Gasteiger partial charge in [0.15, 0.2) is 0 Å². The van der Waals surface area contributed by atoms with Gasteiger partial charge in [-0.1, -0.05) is 34.0 Å². The summed E-state index contributed by atoms with van der Waals surface area (Å²) in [5.41, 5.74) is 1.05. The van der Waals surface area contributed by atoms with E-state index in [1.807, 2.05) is 31.2 Å². The molecule has 0 heterocycles. The second-order valence-corrected chi connectivity index (χ2v) is 4.14. The molecule has 0 spiro atoms. The van der Waals surface area contributed by atoms with Crippen LogP contribution in [0.2, 0.25) is 0 Å². The van der Waals surface area contributed by atoms with Crippen molar-refractivity contribution < 1.29 is 4.79 Å². The lowest BCUT2D eigenvalue weighted by Gasteiger charge is -2.13. The number of rotatable bonds is 3. The lowest BCUT2D eigenvalue weighted by molar-refractivity contribution is -0.120. The van der Waals surface area contributed by atoms with Crippen molar-refractivity contribution in [1.82, 2.24) is 5.32 Å². The summed E-state index contributed by atoms with van der Waals surface area (Å²) in [4.78, 5) is 11.2. The minimum atomic E-state index is -0.120. The Morgan fingerprint density at radius 3 is 3.00 bits per heavy atom. The van der Waals surface area contributed by atoms with Crippen molar-refractivity contribution in [3.63, 3.8) is 0 Å². The highest BCUT2D eigenvalue weighted by Crippen LogP contribution is 2.17. The van der Waals surface area contributed by atoms with Crippen LogP contribution >= 0.6 is 15.9 Å². The number of hydrogen-bond acceptors (Lipinski definition) is 1. The summed E-state index contributed by atoms with van der Waals surface area (Å²) in [6, 6.07) is 7.79. The molecule has 15 heavy (non-hydrogen) atoms. The van der Waals surface area contributed by atoms with E-state index in [4.69, 9.17) is 6.42 Å². The fourth-order valence-corrected chi connectivity index (χ4v) is 1.66. The molecule has 0 aliphatic rings. The van der Waals surface area contributed by atoms with Crippen LogP contribution in [0.3, 0.4) is 0 Å². The van der Waals surface area contributed by atoms with E-state index in [1.54, 1.807) is 0 Å². The Labute approximate surface area is 98.2 Å². The van der Waals surface area contributed by atoms with Crippen LogP contribution in [-0.4, -0.2) is 5.91 Å². The van der Waals surface area contributed by atoms with Gasteiger partial charge in [-0.05, 0) is 24.6 Å². The van der Waals surface area contributed by atoms with Gasteiger partial charge in [0.25, 0.3) is 0 Å². The third kappa shape index (κ3) is 3.77. The van der Waals surface area contributed by atoms with Gasteiger partial charge < -0.3 is 5.32 Å². The van der Waals surface area contributed by atoms with Gasteiger partial charge in [-0.3, -0.25) is 4.79 Å². The highest BCUT2D eigenvalue weighted by atomic mass is 79.9. The number of benzene rings is 1. The molecule has 0 aromatic heterocycles. The van der Waals surface area contributed by atoms with Gasteiger partial charge in [-0.2, -0.15) is 0 Å². The van der Waals surface area contributed by atoms with Crippen LogP contribution in [-0.2, 0) is 4.79 Å². The lowest BCUT2D eigenvalue weighted by Crippen LogP contribution is -2.25. The quantitative estimate of drug-likeness (QED) is 0.837. The lowest BCUT2D eigenvalue weighted by atomic mass is 10.1. The molecule has 0 aliphatic carbocycles. The second-order valence-electron chi connectivity index (χ2n) is 3.23. The van der Waals surface area contributed by atoms with Crippen LogP contribution in [0, 0.1) is 12.3 Å². The highest BCUT2D eigenvalue weighted by molar-refractivity contribution is 9.10. The first-order valence-corrected chi connectivity index (χ1v) is 5.41. The van der Waals surface area contributed by atoms with E-state index in [1.165, 1.54) is 0 Å². The molecule has 3 heteroatoms. The van der Waals surface area contributed by atoms with Gasteiger partial charge in [0, 0.05) is 4.47 Å². The van der Waals surface area contributed by atoms with Crippen LogP contribution in [0.1, 0.15) is 24.9 Å². The normalized spacial score (nSPS) is 11.5. The molecular formula is C12H12BrNO. The summed E-state index contributed by atoms with van der Waals surface area (Å²) in [7, 11) is 0. The maximum atomic E-state index is 11.2. The molecule has 0 radical (unpaired) electrons. The predicted octanol–water partition coefficient (Wildman–Crippen LogP) is 2.65. The molecule has 1 aromatic carbocycles. The molecule has 1 amide bonds. The van der Waals surface area contributed by atoms with Gasteiger partial charge in [0.1, 0.15) is 0 Å². The summed E-state index contributed by atoms with van der Waals surface area (Å²) in [5.74, 6) is 2.19. The van der Waals surface area contributed by atoms with Crippen LogP contribution in [0.25, 0.3) is 0 Å². The Morgan fingerprint density at radius 2 is 2.40 bits per heavy atom. The molecule has 1 unspecified atom stereocenters. The van der Waals surface area contributed by atoms with Gasteiger partial charge in [0.2, 0.25) is 5.91 Å². The minimum Gasteiger partial charge on any atom is -0.349 e. The van der Waals surface area contributed by atoms with E-state index in [0.717, 1.165) is 10.0 Å². The fourth-order valence-electron chi connectivity index (χ4n) is 1.24. The standard InChI is InChI=1S/C12H12BrNO/c1-3-5-12(15)14-9(2)10-6-4-7-11(13)8-10/h1,4,6-9H,5H2,2H3,(H,14,15). The summed E-state index contributed by atoms with van der Waals surface area (Å²) in [6.45, 7) is 1.93. The van der Waals surface area contributed by atoms with Crippen LogP contribution in [0.15, 0.2) is 28.7 Å². The monoisotopic (exact) mass is 265 g/mol. The summed E-state index contributed by atoms with van der Waals surface area (Å²) in [5, 5.41) is 2.82. The molecule has 0 fully saturated rings. The first-order valence-electron chi connectivity index (χ1n) is 4.61. The summed E-state index contributed by atoms with van der Waals surface area (Å²) in [6.07, 6.45) is 5.17. The molecule has 1 rings (SSSR count). The fraction of sp³-hybridized carbons (Fsp3) is 0.250. The van der Waals surface area contributed by atoms with Crippen LogP contribution in [0.5, 0.6) is 0 Å². The zero-order valence-corrected chi connectivity index (χ0v) is 10.0. The van der Waals surface area contributed by atoms with Crippen molar-refractivity contribution >= 4 is 21.8 Å². The Balaban J connectivity index is 2.65. The Kier molecular flexibility index (Phi) is 4.38. The zero-order valence-electron chi connectivity index (χ0n) is 8.46. The van der Waals surface area contributed by atoms with E-state index in [0.29, 0.717) is 0 Å². The van der Waals surface area contributed by atoms with E-state index in [-0.39, 0.29) is 18.4 Å². The minimum absolute atomic E-state index is 0.0247. The van der Waals surface area contributed by atoms with E-state index in [2.05, 4.69) is 27.2 Å². The summed E-state index contributed by atoms with van der Waals surface area (Å²) >= 11 is 3.38. The largest absolute Gasteiger partial charge is 0.349 e. The molecule has 2 nitrogen and oxygen atoms in total. The second kappa shape index (κ2) is 5.57. The molecular weight excluding hydrogens is 254 g/mol. The molecule has 1 N–H and O–H groups in total. The maximum Gasteiger partial charge on any atom is 0.232 e. The SMILES string of the molecule is C#CCC(=O)NC(C)c1cccc(Br)c1. The van der Waals surface area contributed by atoms with Gasteiger partial charge in [0.05, 0.1) is 12.5 Å². The number of carbonyl (C=O) groups excluding carboxylic acids is 1.